The summed E-state index contributed by atoms with van der Waals surface area (Å²) in [4.78, 5) is 0. The first-order chi connectivity index (χ1) is 5.93. The zero-order valence-electron chi connectivity index (χ0n) is 7.58. The van der Waals surface area contributed by atoms with Crippen molar-refractivity contribution in [3.05, 3.63) is 12.5 Å². The van der Waals surface area contributed by atoms with Gasteiger partial charge in [0.2, 0.25) is 0 Å². The molecule has 1 heterocycles. The maximum absolute atomic E-state index is 5.44. The zero-order valence-corrected chi connectivity index (χ0v) is 7.58. The molecular weight excluding hydrogens is 154 g/mol. The molecule has 70 valence electrons. The van der Waals surface area contributed by atoms with Crippen LogP contribution in [-0.4, -0.2) is 25.8 Å². The molecule has 0 aromatic carbocycles. The largest absolute Gasteiger partial charge is 0.498 e. The molecule has 0 spiro atoms. The van der Waals surface area contributed by atoms with Gasteiger partial charge >= 0.3 is 0 Å². The molecule has 0 saturated carbocycles. The Morgan fingerprint density at radius 2 is 2.08 bits per heavy atom. The van der Waals surface area contributed by atoms with Crippen molar-refractivity contribution in [3.8, 4) is 0 Å². The van der Waals surface area contributed by atoms with Gasteiger partial charge in [-0.25, -0.2) is 0 Å². The van der Waals surface area contributed by atoms with Crippen LogP contribution in [0.25, 0.3) is 0 Å². The Kier molecular flexibility index (Phi) is 4.61. The van der Waals surface area contributed by atoms with Crippen LogP contribution in [0, 0.1) is 0 Å². The van der Waals surface area contributed by atoms with Gasteiger partial charge in [0, 0.05) is 0 Å². The minimum absolute atomic E-state index is 0.378. The van der Waals surface area contributed by atoms with Gasteiger partial charge in [0.05, 0.1) is 6.61 Å². The summed E-state index contributed by atoms with van der Waals surface area (Å²) >= 11 is 0. The van der Waals surface area contributed by atoms with E-state index in [2.05, 4.69) is 5.32 Å². The molecule has 1 aliphatic rings. The van der Waals surface area contributed by atoms with E-state index in [1.807, 2.05) is 6.92 Å². The molecule has 1 N–H and O–H groups in total. The Bertz CT molecular complexity index is 130. The van der Waals surface area contributed by atoms with Crippen LogP contribution in [-0.2, 0) is 9.47 Å². The number of hydrogen-bond acceptors (Lipinski definition) is 3. The van der Waals surface area contributed by atoms with Gasteiger partial charge in [-0.1, -0.05) is 0 Å². The summed E-state index contributed by atoms with van der Waals surface area (Å²) in [6.45, 7) is 4.78. The van der Waals surface area contributed by atoms with Crippen molar-refractivity contribution < 1.29 is 9.47 Å². The van der Waals surface area contributed by atoms with Crippen molar-refractivity contribution >= 4 is 0 Å². The standard InChI is InChI=1S/C9H17NO2/c1-2-11-7-8-12-9-3-5-10-6-4-9/h7-10H,2-6H2,1H3. The number of rotatable bonds is 4. The fourth-order valence-electron chi connectivity index (χ4n) is 1.21. The van der Waals surface area contributed by atoms with Crippen LogP contribution in [0.2, 0.25) is 0 Å². The molecule has 3 nitrogen and oxygen atoms in total. The van der Waals surface area contributed by atoms with E-state index in [0.29, 0.717) is 12.7 Å². The molecule has 1 aliphatic heterocycles. The Balaban J connectivity index is 2.04. The van der Waals surface area contributed by atoms with Gasteiger partial charge in [0.25, 0.3) is 0 Å². The lowest BCUT2D eigenvalue weighted by Crippen LogP contribution is -2.31. The summed E-state index contributed by atoms with van der Waals surface area (Å²) in [5, 5.41) is 3.28. The molecule has 0 unspecified atom stereocenters. The van der Waals surface area contributed by atoms with Gasteiger partial charge in [-0.3, -0.25) is 0 Å². The topological polar surface area (TPSA) is 30.5 Å². The summed E-state index contributed by atoms with van der Waals surface area (Å²) < 4.78 is 10.4. The zero-order chi connectivity index (χ0) is 8.65. The van der Waals surface area contributed by atoms with E-state index in [1.165, 1.54) is 0 Å². The predicted octanol–water partition coefficient (Wildman–Crippen LogP) is 1.26. The van der Waals surface area contributed by atoms with Crippen molar-refractivity contribution in [2.45, 2.75) is 25.9 Å². The lowest BCUT2D eigenvalue weighted by molar-refractivity contribution is 0.104. The third-order valence-corrected chi connectivity index (χ3v) is 1.88. The van der Waals surface area contributed by atoms with E-state index < -0.39 is 0 Å². The van der Waals surface area contributed by atoms with Crippen LogP contribution in [0.15, 0.2) is 12.5 Å². The van der Waals surface area contributed by atoms with Crippen LogP contribution >= 0.6 is 0 Å². The molecule has 0 radical (unpaired) electrons. The van der Waals surface area contributed by atoms with Crippen molar-refractivity contribution in [2.75, 3.05) is 19.7 Å². The SMILES string of the molecule is CCOC=COC1CCNCC1. The molecule has 0 bridgehead atoms. The maximum Gasteiger partial charge on any atom is 0.118 e. The van der Waals surface area contributed by atoms with Crippen LogP contribution in [0.4, 0.5) is 0 Å². The molecule has 1 fully saturated rings. The molecule has 3 heteroatoms. The van der Waals surface area contributed by atoms with Gasteiger partial charge < -0.3 is 14.8 Å². The summed E-state index contributed by atoms with van der Waals surface area (Å²) in [5.41, 5.74) is 0. The third-order valence-electron chi connectivity index (χ3n) is 1.88. The summed E-state index contributed by atoms with van der Waals surface area (Å²) in [6, 6.07) is 0. The molecular formula is C9H17NO2. The second-order valence-corrected chi connectivity index (χ2v) is 2.81. The molecule has 0 aromatic rings. The average molecular weight is 171 g/mol. The van der Waals surface area contributed by atoms with Crippen LogP contribution < -0.4 is 5.32 Å². The summed E-state index contributed by atoms with van der Waals surface area (Å²) in [6.07, 6.45) is 5.83. The number of piperidine rings is 1. The fourth-order valence-corrected chi connectivity index (χ4v) is 1.21. The average Bonchev–Trinajstić information content (AvgIpc) is 2.14. The van der Waals surface area contributed by atoms with Crippen molar-refractivity contribution in [1.82, 2.24) is 5.32 Å². The molecule has 1 rings (SSSR count). The monoisotopic (exact) mass is 171 g/mol. The predicted molar refractivity (Wildman–Crippen MR) is 47.7 cm³/mol. The smallest absolute Gasteiger partial charge is 0.118 e. The third kappa shape index (κ3) is 3.62. The van der Waals surface area contributed by atoms with Gasteiger partial charge in [0.1, 0.15) is 18.6 Å². The minimum Gasteiger partial charge on any atom is -0.498 e. The molecule has 12 heavy (non-hydrogen) atoms. The maximum atomic E-state index is 5.44. The molecule has 0 atom stereocenters. The summed E-state index contributed by atoms with van der Waals surface area (Å²) in [7, 11) is 0. The Labute approximate surface area is 73.7 Å². The van der Waals surface area contributed by atoms with E-state index >= 15 is 0 Å². The molecule has 1 saturated heterocycles. The second-order valence-electron chi connectivity index (χ2n) is 2.81. The van der Waals surface area contributed by atoms with Gasteiger partial charge in [-0.15, -0.1) is 0 Å². The van der Waals surface area contributed by atoms with Gasteiger partial charge in [0.15, 0.2) is 0 Å². The summed E-state index contributed by atoms with van der Waals surface area (Å²) in [5.74, 6) is 0. The first-order valence-corrected chi connectivity index (χ1v) is 4.56. The highest BCUT2D eigenvalue weighted by atomic mass is 16.5. The fraction of sp³-hybridized carbons (Fsp3) is 0.778. The van der Waals surface area contributed by atoms with E-state index in [4.69, 9.17) is 9.47 Å². The second kappa shape index (κ2) is 5.89. The molecule has 0 aromatic heterocycles. The first-order valence-electron chi connectivity index (χ1n) is 4.56. The van der Waals surface area contributed by atoms with Gasteiger partial charge in [-0.05, 0) is 32.9 Å². The van der Waals surface area contributed by atoms with Crippen LogP contribution in [0.3, 0.4) is 0 Å². The van der Waals surface area contributed by atoms with Crippen LogP contribution in [0.5, 0.6) is 0 Å². The van der Waals surface area contributed by atoms with Crippen molar-refractivity contribution in [1.29, 1.82) is 0 Å². The first kappa shape index (κ1) is 9.39. The van der Waals surface area contributed by atoms with E-state index in [1.54, 1.807) is 12.5 Å². The van der Waals surface area contributed by atoms with E-state index in [9.17, 15) is 0 Å². The van der Waals surface area contributed by atoms with E-state index in [0.717, 1.165) is 25.9 Å². The van der Waals surface area contributed by atoms with Gasteiger partial charge in [-0.2, -0.15) is 0 Å². The molecule has 0 amide bonds. The highest BCUT2D eigenvalue weighted by molar-refractivity contribution is 4.72. The minimum atomic E-state index is 0.378. The van der Waals surface area contributed by atoms with Crippen molar-refractivity contribution in [2.24, 2.45) is 0 Å². The Hall–Kier alpha value is -0.700. The number of nitrogens with one attached hydrogen (secondary N) is 1. The Morgan fingerprint density at radius 3 is 2.75 bits per heavy atom. The quantitative estimate of drug-likeness (QED) is 0.646. The van der Waals surface area contributed by atoms with E-state index in [-0.39, 0.29) is 0 Å². The lowest BCUT2D eigenvalue weighted by atomic mass is 10.1. The Morgan fingerprint density at radius 1 is 1.33 bits per heavy atom. The number of hydrogen-bond donors (Lipinski definition) is 1. The normalized spacial score (nSPS) is 19.8. The lowest BCUT2D eigenvalue weighted by Gasteiger charge is -2.21. The number of ether oxygens (including phenoxy) is 2. The highest BCUT2D eigenvalue weighted by Gasteiger charge is 2.11. The molecule has 0 aliphatic carbocycles. The van der Waals surface area contributed by atoms with Crippen LogP contribution in [0.1, 0.15) is 19.8 Å². The highest BCUT2D eigenvalue weighted by Crippen LogP contribution is 2.06. The van der Waals surface area contributed by atoms with Crippen molar-refractivity contribution in [3.63, 3.8) is 0 Å².